The van der Waals surface area contributed by atoms with E-state index < -0.39 is 0 Å². The van der Waals surface area contributed by atoms with Crippen molar-refractivity contribution < 1.29 is 4.74 Å². The molecule has 1 heterocycles. The van der Waals surface area contributed by atoms with E-state index in [1.165, 1.54) is 25.7 Å². The first-order chi connectivity index (χ1) is 9.86. The van der Waals surface area contributed by atoms with Crippen LogP contribution in [0.5, 0.6) is 0 Å². The Balaban J connectivity index is 1.70. The molecule has 1 aromatic carbocycles. The molecular weight excluding hydrogens is 252 g/mol. The lowest BCUT2D eigenvalue weighted by atomic mass is 10.0. The summed E-state index contributed by atoms with van der Waals surface area (Å²) in [5.41, 5.74) is 0.994. The fraction of sp³-hybridized carbons (Fsp3) is 0.533. The molecule has 1 aromatic heterocycles. The lowest BCUT2D eigenvalue weighted by Crippen LogP contribution is -2.27. The Morgan fingerprint density at radius 2 is 2.00 bits per heavy atom. The second-order valence-corrected chi connectivity index (χ2v) is 5.35. The topological polar surface area (TPSA) is 52.8 Å². The van der Waals surface area contributed by atoms with Crippen molar-refractivity contribution in [1.29, 1.82) is 0 Å². The maximum absolute atomic E-state index is 5.62. The van der Waals surface area contributed by atoms with Crippen LogP contribution in [0.15, 0.2) is 30.3 Å². The van der Waals surface area contributed by atoms with Crippen LogP contribution < -0.4 is 0 Å². The highest BCUT2D eigenvalue weighted by atomic mass is 16.5. The van der Waals surface area contributed by atoms with E-state index in [1.807, 2.05) is 30.3 Å². The third-order valence-corrected chi connectivity index (χ3v) is 4.06. The molecule has 1 atom stereocenters. The molecule has 0 amide bonds. The number of hydrogen-bond donors (Lipinski definition) is 0. The summed E-state index contributed by atoms with van der Waals surface area (Å²) in [7, 11) is 1.78. The molecule has 0 bridgehead atoms. The minimum atomic E-state index is 0.190. The highest BCUT2D eigenvalue weighted by molar-refractivity contribution is 5.52. The number of aromatic nitrogens is 4. The van der Waals surface area contributed by atoms with E-state index in [0.717, 1.165) is 5.56 Å². The molecule has 1 unspecified atom stereocenters. The zero-order valence-electron chi connectivity index (χ0n) is 11.8. The summed E-state index contributed by atoms with van der Waals surface area (Å²) < 4.78 is 5.62. The Labute approximate surface area is 118 Å². The molecule has 20 heavy (non-hydrogen) atoms. The Hall–Kier alpha value is -1.75. The number of rotatable bonds is 5. The van der Waals surface area contributed by atoms with Gasteiger partial charge in [0.2, 0.25) is 5.82 Å². The number of methoxy groups -OCH3 is 1. The van der Waals surface area contributed by atoms with Gasteiger partial charge in [-0.2, -0.15) is 4.80 Å². The molecule has 1 aliphatic rings. The second-order valence-electron chi connectivity index (χ2n) is 5.35. The van der Waals surface area contributed by atoms with E-state index in [9.17, 15) is 0 Å². The first-order valence-corrected chi connectivity index (χ1v) is 7.23. The van der Waals surface area contributed by atoms with Gasteiger partial charge >= 0.3 is 0 Å². The number of hydrogen-bond acceptors (Lipinski definition) is 4. The predicted molar refractivity (Wildman–Crippen MR) is 76.0 cm³/mol. The molecule has 0 spiro atoms. The van der Waals surface area contributed by atoms with Crippen LogP contribution in [0.4, 0.5) is 0 Å². The molecule has 1 fully saturated rings. The molecule has 1 saturated carbocycles. The minimum Gasteiger partial charge on any atom is -0.379 e. The smallest absolute Gasteiger partial charge is 0.204 e. The summed E-state index contributed by atoms with van der Waals surface area (Å²) >= 11 is 0. The number of tetrazole rings is 1. The molecule has 0 N–H and O–H groups in total. The van der Waals surface area contributed by atoms with Crippen molar-refractivity contribution in [3.05, 3.63) is 30.3 Å². The van der Waals surface area contributed by atoms with Crippen LogP contribution >= 0.6 is 0 Å². The largest absolute Gasteiger partial charge is 0.379 e. The summed E-state index contributed by atoms with van der Waals surface area (Å²) in [5, 5.41) is 12.7. The standard InChI is InChI=1S/C15H20N4O/c1-20-14(12-7-5-6-8-12)11-19-17-15(16-18-19)13-9-3-2-4-10-13/h2-4,9-10,12,14H,5-8,11H2,1H3. The van der Waals surface area contributed by atoms with Gasteiger partial charge in [-0.15, -0.1) is 10.2 Å². The molecule has 0 radical (unpaired) electrons. The Morgan fingerprint density at radius 1 is 1.25 bits per heavy atom. The van der Waals surface area contributed by atoms with Crippen molar-refractivity contribution >= 4 is 0 Å². The second kappa shape index (κ2) is 6.13. The molecule has 2 aromatic rings. The Bertz CT molecular complexity index is 534. The van der Waals surface area contributed by atoms with Gasteiger partial charge in [-0.25, -0.2) is 0 Å². The van der Waals surface area contributed by atoms with Crippen LogP contribution in [0.3, 0.4) is 0 Å². The van der Waals surface area contributed by atoms with Gasteiger partial charge in [-0.1, -0.05) is 43.2 Å². The van der Waals surface area contributed by atoms with E-state index in [2.05, 4.69) is 15.4 Å². The maximum Gasteiger partial charge on any atom is 0.204 e. The van der Waals surface area contributed by atoms with Crippen LogP contribution in [0.25, 0.3) is 11.4 Å². The molecule has 1 aliphatic carbocycles. The lowest BCUT2D eigenvalue weighted by Gasteiger charge is -2.20. The molecule has 0 saturated heterocycles. The van der Waals surface area contributed by atoms with Gasteiger partial charge in [0.25, 0.3) is 0 Å². The summed E-state index contributed by atoms with van der Waals surface area (Å²) in [6.07, 6.45) is 5.31. The van der Waals surface area contributed by atoms with Gasteiger partial charge in [0.05, 0.1) is 12.6 Å². The lowest BCUT2D eigenvalue weighted by molar-refractivity contribution is 0.0345. The van der Waals surface area contributed by atoms with Crippen LogP contribution in [-0.2, 0) is 11.3 Å². The molecule has 3 rings (SSSR count). The van der Waals surface area contributed by atoms with E-state index >= 15 is 0 Å². The minimum absolute atomic E-state index is 0.190. The first kappa shape index (κ1) is 13.2. The average Bonchev–Trinajstić information content (AvgIpc) is 3.17. The van der Waals surface area contributed by atoms with Crippen molar-refractivity contribution in [3.63, 3.8) is 0 Å². The van der Waals surface area contributed by atoms with Crippen LogP contribution in [-0.4, -0.2) is 33.4 Å². The SMILES string of the molecule is COC(Cn1nnc(-c2ccccc2)n1)C1CCCC1. The zero-order valence-corrected chi connectivity index (χ0v) is 11.8. The zero-order chi connectivity index (χ0) is 13.8. The summed E-state index contributed by atoms with van der Waals surface area (Å²) in [5.74, 6) is 1.30. The van der Waals surface area contributed by atoms with Crippen molar-refractivity contribution in [2.75, 3.05) is 7.11 Å². The third kappa shape index (κ3) is 2.88. The van der Waals surface area contributed by atoms with Gasteiger partial charge in [-0.05, 0) is 24.0 Å². The van der Waals surface area contributed by atoms with E-state index in [1.54, 1.807) is 11.9 Å². The third-order valence-electron chi connectivity index (χ3n) is 4.06. The van der Waals surface area contributed by atoms with E-state index in [0.29, 0.717) is 18.3 Å². The van der Waals surface area contributed by atoms with E-state index in [4.69, 9.17) is 4.74 Å². The monoisotopic (exact) mass is 272 g/mol. The molecule has 0 aliphatic heterocycles. The predicted octanol–water partition coefficient (Wildman–Crippen LogP) is 2.55. The Kier molecular flexibility index (Phi) is 4.06. The quantitative estimate of drug-likeness (QED) is 0.839. The molecule has 106 valence electrons. The summed E-state index contributed by atoms with van der Waals surface area (Å²) in [4.78, 5) is 1.66. The number of benzene rings is 1. The normalized spacial score (nSPS) is 17.4. The van der Waals surface area contributed by atoms with Crippen LogP contribution in [0.2, 0.25) is 0 Å². The maximum atomic E-state index is 5.62. The molecular formula is C15H20N4O. The summed E-state index contributed by atoms with van der Waals surface area (Å²) in [6.45, 7) is 0.682. The van der Waals surface area contributed by atoms with Crippen molar-refractivity contribution in [3.8, 4) is 11.4 Å². The fourth-order valence-electron chi connectivity index (χ4n) is 2.93. The van der Waals surface area contributed by atoms with Gasteiger partial charge in [0.1, 0.15) is 0 Å². The average molecular weight is 272 g/mol. The van der Waals surface area contributed by atoms with Gasteiger partial charge in [-0.3, -0.25) is 0 Å². The van der Waals surface area contributed by atoms with Crippen molar-refractivity contribution in [2.45, 2.75) is 38.3 Å². The van der Waals surface area contributed by atoms with Crippen LogP contribution in [0, 0.1) is 5.92 Å². The fourth-order valence-corrected chi connectivity index (χ4v) is 2.93. The van der Waals surface area contributed by atoms with Gasteiger partial charge in [0.15, 0.2) is 0 Å². The summed E-state index contributed by atoms with van der Waals surface area (Å²) in [6, 6.07) is 9.92. The molecule has 5 nitrogen and oxygen atoms in total. The van der Waals surface area contributed by atoms with E-state index in [-0.39, 0.29) is 6.10 Å². The van der Waals surface area contributed by atoms with Gasteiger partial charge < -0.3 is 4.74 Å². The Morgan fingerprint density at radius 3 is 2.70 bits per heavy atom. The van der Waals surface area contributed by atoms with Crippen molar-refractivity contribution in [1.82, 2.24) is 20.2 Å². The molecule has 5 heteroatoms. The van der Waals surface area contributed by atoms with Gasteiger partial charge in [0, 0.05) is 12.7 Å². The first-order valence-electron chi connectivity index (χ1n) is 7.23. The van der Waals surface area contributed by atoms with Crippen LogP contribution in [0.1, 0.15) is 25.7 Å². The highest BCUT2D eigenvalue weighted by Gasteiger charge is 2.26. The number of ether oxygens (including phenoxy) is 1. The highest BCUT2D eigenvalue weighted by Crippen LogP contribution is 2.29. The van der Waals surface area contributed by atoms with Crippen molar-refractivity contribution in [2.24, 2.45) is 5.92 Å². The number of nitrogens with zero attached hydrogens (tertiary/aromatic N) is 4.